The molecule has 94 valence electrons. The molecule has 1 unspecified atom stereocenters. The monoisotopic (exact) mass is 251 g/mol. The van der Waals surface area contributed by atoms with E-state index in [-0.39, 0.29) is 0 Å². The van der Waals surface area contributed by atoms with E-state index in [0.717, 1.165) is 18.0 Å². The fourth-order valence-corrected chi connectivity index (χ4v) is 3.61. The second-order valence-corrected chi connectivity index (χ2v) is 5.53. The Kier molecular flexibility index (Phi) is 4.35. The maximum absolute atomic E-state index is 5.51. The zero-order chi connectivity index (χ0) is 12.3. The van der Waals surface area contributed by atoms with Gasteiger partial charge in [0.25, 0.3) is 0 Å². The zero-order valence-electron chi connectivity index (χ0n) is 10.9. The molecule has 0 saturated heterocycles. The first kappa shape index (κ1) is 12.8. The summed E-state index contributed by atoms with van der Waals surface area (Å²) in [7, 11) is 1.77. The lowest BCUT2D eigenvalue weighted by Gasteiger charge is -2.22. The van der Waals surface area contributed by atoms with Crippen LogP contribution in [0.1, 0.15) is 36.1 Å². The summed E-state index contributed by atoms with van der Waals surface area (Å²) < 4.78 is 5.51. The summed E-state index contributed by atoms with van der Waals surface area (Å²) in [6.45, 7) is 5.40. The molecular weight excluding hydrogens is 230 g/mol. The molecule has 0 aliphatic carbocycles. The van der Waals surface area contributed by atoms with E-state index in [1.165, 1.54) is 28.9 Å². The SMILES string of the molecule is CCNC1CCSCc2c(OC)ccc(C)c21. The number of nitrogens with one attached hydrogen (secondary N) is 1. The highest BCUT2D eigenvalue weighted by atomic mass is 32.2. The Morgan fingerprint density at radius 2 is 2.29 bits per heavy atom. The quantitative estimate of drug-likeness (QED) is 0.890. The van der Waals surface area contributed by atoms with E-state index in [0.29, 0.717) is 6.04 Å². The van der Waals surface area contributed by atoms with Crippen LogP contribution in [-0.2, 0) is 5.75 Å². The van der Waals surface area contributed by atoms with Crippen LogP contribution in [0.5, 0.6) is 5.75 Å². The molecule has 0 spiro atoms. The Morgan fingerprint density at radius 1 is 1.47 bits per heavy atom. The first-order chi connectivity index (χ1) is 8.27. The minimum absolute atomic E-state index is 0.486. The van der Waals surface area contributed by atoms with Crippen LogP contribution in [0.15, 0.2) is 12.1 Å². The highest BCUT2D eigenvalue weighted by molar-refractivity contribution is 7.98. The molecule has 1 aliphatic heterocycles. The number of benzene rings is 1. The van der Waals surface area contributed by atoms with Gasteiger partial charge in [-0.3, -0.25) is 0 Å². The van der Waals surface area contributed by atoms with Gasteiger partial charge in [0.15, 0.2) is 0 Å². The Balaban J connectivity index is 2.47. The third-order valence-electron chi connectivity index (χ3n) is 3.35. The molecule has 3 heteroatoms. The van der Waals surface area contributed by atoms with Crippen LogP contribution < -0.4 is 10.1 Å². The number of aryl methyl sites for hydroxylation is 1. The number of rotatable bonds is 3. The van der Waals surface area contributed by atoms with Gasteiger partial charge in [0.05, 0.1) is 7.11 Å². The van der Waals surface area contributed by atoms with Crippen molar-refractivity contribution < 1.29 is 4.74 Å². The van der Waals surface area contributed by atoms with Crippen molar-refractivity contribution in [3.8, 4) is 5.75 Å². The van der Waals surface area contributed by atoms with E-state index in [2.05, 4.69) is 31.3 Å². The first-order valence-corrected chi connectivity index (χ1v) is 7.40. The summed E-state index contributed by atoms with van der Waals surface area (Å²) in [6.07, 6.45) is 1.21. The van der Waals surface area contributed by atoms with Gasteiger partial charge in [-0.15, -0.1) is 0 Å². The van der Waals surface area contributed by atoms with Crippen LogP contribution in [0.4, 0.5) is 0 Å². The van der Waals surface area contributed by atoms with E-state index in [9.17, 15) is 0 Å². The van der Waals surface area contributed by atoms with Gasteiger partial charge >= 0.3 is 0 Å². The summed E-state index contributed by atoms with van der Waals surface area (Å²) in [5, 5.41) is 3.60. The zero-order valence-corrected chi connectivity index (χ0v) is 11.7. The van der Waals surface area contributed by atoms with E-state index in [4.69, 9.17) is 4.74 Å². The van der Waals surface area contributed by atoms with Crippen molar-refractivity contribution in [1.29, 1.82) is 0 Å². The van der Waals surface area contributed by atoms with Crippen molar-refractivity contribution in [2.75, 3.05) is 19.4 Å². The van der Waals surface area contributed by atoms with Crippen molar-refractivity contribution in [1.82, 2.24) is 5.32 Å². The van der Waals surface area contributed by atoms with Gasteiger partial charge in [-0.05, 0) is 42.8 Å². The molecule has 0 saturated carbocycles. The van der Waals surface area contributed by atoms with Crippen LogP contribution in [0.2, 0.25) is 0 Å². The molecule has 1 heterocycles. The van der Waals surface area contributed by atoms with Crippen LogP contribution >= 0.6 is 11.8 Å². The van der Waals surface area contributed by atoms with E-state index in [1.54, 1.807) is 7.11 Å². The highest BCUT2D eigenvalue weighted by Gasteiger charge is 2.22. The van der Waals surface area contributed by atoms with Gasteiger partial charge in [-0.1, -0.05) is 13.0 Å². The lowest BCUT2D eigenvalue weighted by Crippen LogP contribution is -2.22. The summed E-state index contributed by atoms with van der Waals surface area (Å²) in [5.74, 6) is 3.33. The molecule has 17 heavy (non-hydrogen) atoms. The van der Waals surface area contributed by atoms with Crippen molar-refractivity contribution in [2.45, 2.75) is 32.1 Å². The second kappa shape index (κ2) is 5.78. The third kappa shape index (κ3) is 2.61. The Hall–Kier alpha value is -0.670. The summed E-state index contributed by atoms with van der Waals surface area (Å²) in [6, 6.07) is 4.77. The number of hydrogen-bond acceptors (Lipinski definition) is 3. The molecule has 1 atom stereocenters. The minimum atomic E-state index is 0.486. The highest BCUT2D eigenvalue weighted by Crippen LogP contribution is 2.37. The van der Waals surface area contributed by atoms with Gasteiger partial charge < -0.3 is 10.1 Å². The lowest BCUT2D eigenvalue weighted by molar-refractivity contribution is 0.409. The molecule has 0 radical (unpaired) electrons. The predicted octanol–water partition coefficient (Wildman–Crippen LogP) is 3.29. The van der Waals surface area contributed by atoms with Crippen molar-refractivity contribution in [2.24, 2.45) is 0 Å². The molecule has 2 nitrogen and oxygen atoms in total. The fraction of sp³-hybridized carbons (Fsp3) is 0.571. The normalized spacial score (nSPS) is 19.6. The van der Waals surface area contributed by atoms with Crippen LogP contribution in [-0.4, -0.2) is 19.4 Å². The fourth-order valence-electron chi connectivity index (χ4n) is 2.56. The number of fused-ring (bicyclic) bond motifs is 1. The molecule has 1 aromatic rings. The second-order valence-electron chi connectivity index (χ2n) is 4.43. The van der Waals surface area contributed by atoms with Gasteiger partial charge in [0.2, 0.25) is 0 Å². The first-order valence-electron chi connectivity index (χ1n) is 6.25. The van der Waals surface area contributed by atoms with Crippen molar-refractivity contribution in [3.63, 3.8) is 0 Å². The molecule has 1 aliphatic rings. The summed E-state index contributed by atoms with van der Waals surface area (Å²) in [4.78, 5) is 0. The maximum atomic E-state index is 5.51. The smallest absolute Gasteiger partial charge is 0.123 e. The number of methoxy groups -OCH3 is 1. The molecule has 0 aromatic heterocycles. The third-order valence-corrected chi connectivity index (χ3v) is 4.37. The Bertz CT molecular complexity index is 392. The van der Waals surface area contributed by atoms with Crippen molar-refractivity contribution >= 4 is 11.8 Å². The molecule has 1 aromatic carbocycles. The van der Waals surface area contributed by atoms with Crippen LogP contribution in [0.3, 0.4) is 0 Å². The van der Waals surface area contributed by atoms with Gasteiger partial charge in [-0.2, -0.15) is 11.8 Å². The molecule has 2 rings (SSSR count). The van der Waals surface area contributed by atoms with Crippen LogP contribution in [0, 0.1) is 6.92 Å². The molecular formula is C14H21NOS. The Labute approximate surface area is 108 Å². The number of hydrogen-bond donors (Lipinski definition) is 1. The average Bonchev–Trinajstić information content (AvgIpc) is 2.54. The topological polar surface area (TPSA) is 21.3 Å². The lowest BCUT2D eigenvalue weighted by atomic mass is 9.94. The van der Waals surface area contributed by atoms with Crippen molar-refractivity contribution in [3.05, 3.63) is 28.8 Å². The summed E-state index contributed by atoms with van der Waals surface area (Å²) >= 11 is 2.01. The van der Waals surface area contributed by atoms with E-state index >= 15 is 0 Å². The average molecular weight is 251 g/mol. The molecule has 0 amide bonds. The van der Waals surface area contributed by atoms with Gasteiger partial charge in [0.1, 0.15) is 5.75 Å². The summed E-state index contributed by atoms with van der Waals surface area (Å²) in [5.41, 5.74) is 4.24. The molecule has 0 bridgehead atoms. The minimum Gasteiger partial charge on any atom is -0.496 e. The van der Waals surface area contributed by atoms with Crippen LogP contribution in [0.25, 0.3) is 0 Å². The van der Waals surface area contributed by atoms with Gasteiger partial charge in [0, 0.05) is 17.4 Å². The Morgan fingerprint density at radius 3 is 3.00 bits per heavy atom. The maximum Gasteiger partial charge on any atom is 0.123 e. The van der Waals surface area contributed by atoms with E-state index in [1.807, 2.05) is 11.8 Å². The number of thioether (sulfide) groups is 1. The molecule has 0 fully saturated rings. The largest absolute Gasteiger partial charge is 0.496 e. The number of ether oxygens (including phenoxy) is 1. The molecule has 1 N–H and O–H groups in total. The standard InChI is InChI=1S/C14H21NOS/c1-4-15-12-7-8-17-9-11-13(16-3)6-5-10(2)14(11)12/h5-6,12,15H,4,7-9H2,1-3H3. The van der Waals surface area contributed by atoms with E-state index < -0.39 is 0 Å². The van der Waals surface area contributed by atoms with Gasteiger partial charge in [-0.25, -0.2) is 0 Å². The predicted molar refractivity (Wildman–Crippen MR) is 74.9 cm³/mol.